The molecule has 0 aliphatic heterocycles. The molecule has 0 fully saturated rings. The number of benzene rings is 1. The van der Waals surface area contributed by atoms with Gasteiger partial charge in [-0.3, -0.25) is 15.0 Å². The molecular weight excluding hydrogens is 487 g/mol. The molecule has 13 heteroatoms. The third-order valence-corrected chi connectivity index (χ3v) is 4.83. The highest BCUT2D eigenvalue weighted by Crippen LogP contribution is 2.06. The molecule has 6 N–H and O–H groups in total. The highest BCUT2D eigenvalue weighted by molar-refractivity contribution is 5.94. The van der Waals surface area contributed by atoms with E-state index in [9.17, 15) is 23.6 Å². The molecule has 1 atom stereocenters. The standard InChI is InChI=1S/C24H28FN6O6/c25-18-7-4-16(5-8-18)14-29-31-20-10-6-17(15-28-20)22(34)26-12-2-1-3-13-27-24(37)30-19(23(35)36)9-11-21(32)33/h4-8,10,13-15,19H,1-3,9,11-12H2,(H,26,34)(H,28,31)(H,32,33)(H,35,36)(H2,27,30,37)/b29-14-. The van der Waals surface area contributed by atoms with Gasteiger partial charge in [0.25, 0.3) is 5.91 Å². The molecule has 197 valence electrons. The number of amides is 3. The molecule has 1 unspecified atom stereocenters. The average molecular weight is 516 g/mol. The van der Waals surface area contributed by atoms with E-state index in [1.54, 1.807) is 24.3 Å². The molecule has 0 saturated carbocycles. The number of halogens is 1. The number of aliphatic carboxylic acids is 2. The molecule has 0 bridgehead atoms. The maximum atomic E-state index is 12.9. The lowest BCUT2D eigenvalue weighted by atomic mass is 10.1. The Balaban J connectivity index is 1.59. The first kappa shape index (κ1) is 28.7. The molecule has 1 radical (unpaired) electrons. The van der Waals surface area contributed by atoms with Crippen molar-refractivity contribution in [1.29, 1.82) is 0 Å². The van der Waals surface area contributed by atoms with Crippen LogP contribution in [0.25, 0.3) is 0 Å². The Hall–Kier alpha value is -4.55. The number of carboxylic acids is 2. The molecule has 12 nitrogen and oxygen atoms in total. The molecule has 1 heterocycles. The van der Waals surface area contributed by atoms with Gasteiger partial charge in [-0.05, 0) is 55.5 Å². The number of anilines is 1. The Morgan fingerprint density at radius 1 is 1.05 bits per heavy atom. The van der Waals surface area contributed by atoms with Crippen LogP contribution in [0.1, 0.15) is 48.0 Å². The third kappa shape index (κ3) is 11.6. The molecule has 0 aliphatic rings. The summed E-state index contributed by atoms with van der Waals surface area (Å²) in [5, 5.41) is 29.0. The van der Waals surface area contributed by atoms with Crippen LogP contribution < -0.4 is 21.4 Å². The zero-order valence-electron chi connectivity index (χ0n) is 19.8. The number of nitrogens with zero attached hydrogens (tertiary/aromatic N) is 2. The van der Waals surface area contributed by atoms with E-state index in [4.69, 9.17) is 10.2 Å². The van der Waals surface area contributed by atoms with Crippen molar-refractivity contribution in [2.75, 3.05) is 12.0 Å². The number of aromatic nitrogens is 1. The average Bonchev–Trinajstić information content (AvgIpc) is 2.87. The van der Waals surface area contributed by atoms with E-state index in [2.05, 4.69) is 31.5 Å². The number of carbonyl (C=O) groups is 4. The number of hydrogen-bond acceptors (Lipinski definition) is 7. The van der Waals surface area contributed by atoms with Gasteiger partial charge in [0.1, 0.15) is 17.7 Å². The van der Waals surface area contributed by atoms with Crippen molar-refractivity contribution >= 4 is 35.9 Å². The summed E-state index contributed by atoms with van der Waals surface area (Å²) in [5.74, 6) is -2.67. The van der Waals surface area contributed by atoms with Crippen LogP contribution in [0, 0.1) is 12.4 Å². The summed E-state index contributed by atoms with van der Waals surface area (Å²) < 4.78 is 12.9. The normalized spacial score (nSPS) is 11.5. The van der Waals surface area contributed by atoms with E-state index in [0.717, 1.165) is 0 Å². The lowest BCUT2D eigenvalue weighted by Gasteiger charge is -2.14. The lowest BCUT2D eigenvalue weighted by Crippen LogP contribution is -2.45. The maximum Gasteiger partial charge on any atom is 0.326 e. The minimum atomic E-state index is -1.32. The fourth-order valence-electron chi connectivity index (χ4n) is 2.88. The number of hydrogen-bond donors (Lipinski definition) is 6. The van der Waals surface area contributed by atoms with E-state index in [-0.39, 0.29) is 24.6 Å². The Morgan fingerprint density at radius 3 is 2.46 bits per heavy atom. The molecule has 2 aromatic rings. The zero-order valence-corrected chi connectivity index (χ0v) is 19.8. The van der Waals surface area contributed by atoms with Gasteiger partial charge in [0.2, 0.25) is 0 Å². The van der Waals surface area contributed by atoms with Gasteiger partial charge < -0.3 is 26.2 Å². The highest BCUT2D eigenvalue weighted by atomic mass is 19.1. The van der Waals surface area contributed by atoms with Crippen molar-refractivity contribution in [2.24, 2.45) is 5.10 Å². The summed E-state index contributed by atoms with van der Waals surface area (Å²) in [4.78, 5) is 49.7. The number of rotatable bonds is 15. The first-order valence-electron chi connectivity index (χ1n) is 11.4. The van der Waals surface area contributed by atoms with E-state index >= 15 is 0 Å². The molecule has 1 aromatic carbocycles. The number of carboxylic acid groups (broad SMARTS) is 2. The van der Waals surface area contributed by atoms with Crippen LogP contribution in [0.15, 0.2) is 47.7 Å². The highest BCUT2D eigenvalue weighted by Gasteiger charge is 2.20. The largest absolute Gasteiger partial charge is 0.481 e. The second kappa shape index (κ2) is 15.4. The Bertz CT molecular complexity index is 1080. The van der Waals surface area contributed by atoms with E-state index in [1.807, 2.05) is 0 Å². The fourth-order valence-corrected chi connectivity index (χ4v) is 2.88. The van der Waals surface area contributed by atoms with Crippen LogP contribution in [-0.4, -0.2) is 57.9 Å². The molecule has 0 spiro atoms. The summed E-state index contributed by atoms with van der Waals surface area (Å²) in [6.07, 6.45) is 4.08. The van der Waals surface area contributed by atoms with Crippen LogP contribution in [0.5, 0.6) is 0 Å². The van der Waals surface area contributed by atoms with Crippen LogP contribution in [-0.2, 0) is 9.59 Å². The summed E-state index contributed by atoms with van der Waals surface area (Å²) in [6.45, 7) is 1.86. The van der Waals surface area contributed by atoms with Gasteiger partial charge in [-0.2, -0.15) is 5.10 Å². The van der Waals surface area contributed by atoms with Gasteiger partial charge in [0.05, 0.1) is 18.3 Å². The van der Waals surface area contributed by atoms with E-state index in [1.165, 1.54) is 31.1 Å². The number of unbranched alkanes of at least 4 members (excludes halogenated alkanes) is 2. The second-order valence-corrected chi connectivity index (χ2v) is 7.75. The Morgan fingerprint density at radius 2 is 1.81 bits per heavy atom. The van der Waals surface area contributed by atoms with Crippen molar-refractivity contribution in [2.45, 2.75) is 38.1 Å². The zero-order chi connectivity index (χ0) is 27.0. The number of nitrogens with one attached hydrogen (secondary N) is 4. The SMILES string of the molecule is O=C(O)CCC(NC(=O)N[CH]CCCCNC(=O)c1ccc(N/N=C\c2ccc(F)cc2)nc1)C(=O)O. The van der Waals surface area contributed by atoms with Crippen molar-refractivity contribution in [3.8, 4) is 0 Å². The van der Waals surface area contributed by atoms with E-state index in [0.29, 0.717) is 42.8 Å². The molecule has 0 saturated heterocycles. The molecule has 37 heavy (non-hydrogen) atoms. The number of urea groups is 1. The van der Waals surface area contributed by atoms with Crippen LogP contribution in [0.4, 0.5) is 15.0 Å². The smallest absolute Gasteiger partial charge is 0.326 e. The predicted molar refractivity (Wildman–Crippen MR) is 132 cm³/mol. The van der Waals surface area contributed by atoms with Crippen molar-refractivity contribution < 1.29 is 33.8 Å². The van der Waals surface area contributed by atoms with Crippen molar-refractivity contribution in [3.63, 3.8) is 0 Å². The van der Waals surface area contributed by atoms with Gasteiger partial charge in [0.15, 0.2) is 0 Å². The summed E-state index contributed by atoms with van der Waals surface area (Å²) in [5.41, 5.74) is 3.80. The van der Waals surface area contributed by atoms with Gasteiger partial charge in [0, 0.05) is 19.2 Å². The van der Waals surface area contributed by atoms with Crippen LogP contribution in [0.3, 0.4) is 0 Å². The molecule has 3 amide bonds. The van der Waals surface area contributed by atoms with Crippen molar-refractivity contribution in [3.05, 3.63) is 66.1 Å². The van der Waals surface area contributed by atoms with E-state index < -0.39 is 24.0 Å². The quantitative estimate of drug-likeness (QED) is 0.119. The van der Waals surface area contributed by atoms with Gasteiger partial charge in [-0.15, -0.1) is 0 Å². The molecule has 0 aliphatic carbocycles. The van der Waals surface area contributed by atoms with Gasteiger partial charge in [-0.1, -0.05) is 12.1 Å². The summed E-state index contributed by atoms with van der Waals surface area (Å²) >= 11 is 0. The van der Waals surface area contributed by atoms with Gasteiger partial charge >= 0.3 is 18.0 Å². The third-order valence-electron chi connectivity index (χ3n) is 4.83. The second-order valence-electron chi connectivity index (χ2n) is 7.75. The minimum absolute atomic E-state index is 0.224. The number of hydrazone groups is 1. The fraction of sp³-hybridized carbons (Fsp3) is 0.292. The summed E-state index contributed by atoms with van der Waals surface area (Å²) in [6, 6.07) is 6.97. The van der Waals surface area contributed by atoms with Crippen LogP contribution in [0.2, 0.25) is 0 Å². The Labute approximate surface area is 212 Å². The lowest BCUT2D eigenvalue weighted by molar-refractivity contribution is -0.140. The maximum absolute atomic E-state index is 12.9. The first-order valence-corrected chi connectivity index (χ1v) is 11.4. The number of pyridine rings is 1. The molecular formula is C24H28FN6O6. The van der Waals surface area contributed by atoms with Crippen molar-refractivity contribution in [1.82, 2.24) is 20.9 Å². The summed E-state index contributed by atoms with van der Waals surface area (Å²) in [7, 11) is 0. The predicted octanol–water partition coefficient (Wildman–Crippen LogP) is 2.35. The number of carbonyl (C=O) groups excluding carboxylic acids is 2. The first-order chi connectivity index (χ1) is 17.7. The van der Waals surface area contributed by atoms with Crippen LogP contribution >= 0.6 is 0 Å². The van der Waals surface area contributed by atoms with Gasteiger partial charge in [-0.25, -0.2) is 19.0 Å². The molecule has 2 rings (SSSR count). The minimum Gasteiger partial charge on any atom is -0.481 e. The Kier molecular flexibility index (Phi) is 12.0. The topological polar surface area (TPSA) is 182 Å². The monoisotopic (exact) mass is 515 g/mol. The molecule has 1 aromatic heterocycles.